The highest BCUT2D eigenvalue weighted by molar-refractivity contribution is 5.96. The van der Waals surface area contributed by atoms with Crippen LogP contribution < -0.4 is 5.73 Å². The standard InChI is InChI=1S/C14H19N5O/c1-3-19-10-12(15)13(17-19)14(20)18(2)9-6-11-4-7-16-8-5-11/h4-5,7-8,10H,3,6,9,15H2,1-2H3. The van der Waals surface area contributed by atoms with Gasteiger partial charge in [0.25, 0.3) is 5.91 Å². The van der Waals surface area contributed by atoms with Gasteiger partial charge >= 0.3 is 0 Å². The van der Waals surface area contributed by atoms with Gasteiger partial charge in [-0.3, -0.25) is 14.5 Å². The molecule has 20 heavy (non-hydrogen) atoms. The molecule has 0 fully saturated rings. The Labute approximate surface area is 118 Å². The van der Waals surface area contributed by atoms with E-state index < -0.39 is 0 Å². The van der Waals surface area contributed by atoms with Gasteiger partial charge in [-0.25, -0.2) is 0 Å². The van der Waals surface area contributed by atoms with Crippen LogP contribution in [0.5, 0.6) is 0 Å². The predicted octanol–water partition coefficient (Wildman–Crippen LogP) is 1.19. The lowest BCUT2D eigenvalue weighted by Gasteiger charge is -2.16. The fourth-order valence-electron chi connectivity index (χ4n) is 1.89. The second-order valence-electron chi connectivity index (χ2n) is 4.62. The maximum atomic E-state index is 12.3. The largest absolute Gasteiger partial charge is 0.396 e. The Balaban J connectivity index is 1.99. The number of pyridine rings is 1. The lowest BCUT2D eigenvalue weighted by molar-refractivity contribution is 0.0791. The van der Waals surface area contributed by atoms with E-state index in [0.717, 1.165) is 12.0 Å². The zero-order chi connectivity index (χ0) is 14.5. The van der Waals surface area contributed by atoms with Crippen molar-refractivity contribution in [1.82, 2.24) is 19.7 Å². The van der Waals surface area contributed by atoms with Gasteiger partial charge in [0, 0.05) is 38.7 Å². The molecule has 0 radical (unpaired) electrons. The average Bonchev–Trinajstić information content (AvgIpc) is 2.86. The predicted molar refractivity (Wildman–Crippen MR) is 77.2 cm³/mol. The highest BCUT2D eigenvalue weighted by atomic mass is 16.2. The van der Waals surface area contributed by atoms with Crippen LogP contribution >= 0.6 is 0 Å². The van der Waals surface area contributed by atoms with Gasteiger partial charge in [0.15, 0.2) is 5.69 Å². The van der Waals surface area contributed by atoms with Crippen LogP contribution in [0.25, 0.3) is 0 Å². The second kappa shape index (κ2) is 6.18. The number of carbonyl (C=O) groups excluding carboxylic acids is 1. The third-order valence-electron chi connectivity index (χ3n) is 3.15. The number of aryl methyl sites for hydroxylation is 1. The SMILES string of the molecule is CCn1cc(N)c(C(=O)N(C)CCc2ccncc2)n1. The molecule has 0 saturated carbocycles. The Kier molecular flexibility index (Phi) is 4.34. The lowest BCUT2D eigenvalue weighted by atomic mass is 10.2. The van der Waals surface area contributed by atoms with Gasteiger partial charge in [-0.2, -0.15) is 5.10 Å². The number of nitrogens with zero attached hydrogens (tertiary/aromatic N) is 4. The number of anilines is 1. The number of carbonyl (C=O) groups is 1. The van der Waals surface area contributed by atoms with Crippen LogP contribution in [-0.4, -0.2) is 39.2 Å². The monoisotopic (exact) mass is 273 g/mol. The topological polar surface area (TPSA) is 77.0 Å². The molecule has 2 aromatic rings. The van der Waals surface area contributed by atoms with E-state index in [1.54, 1.807) is 35.2 Å². The Hall–Kier alpha value is -2.37. The van der Waals surface area contributed by atoms with E-state index in [1.807, 2.05) is 19.1 Å². The van der Waals surface area contributed by atoms with Gasteiger partial charge in [-0.05, 0) is 31.0 Å². The summed E-state index contributed by atoms with van der Waals surface area (Å²) in [6.07, 6.45) is 5.96. The summed E-state index contributed by atoms with van der Waals surface area (Å²) in [4.78, 5) is 17.9. The van der Waals surface area contributed by atoms with Crippen LogP contribution in [0.15, 0.2) is 30.7 Å². The van der Waals surface area contributed by atoms with Gasteiger partial charge in [0.05, 0.1) is 5.69 Å². The zero-order valence-corrected chi connectivity index (χ0v) is 11.8. The molecule has 0 bridgehead atoms. The molecule has 2 N–H and O–H groups in total. The number of hydrogen-bond acceptors (Lipinski definition) is 4. The van der Waals surface area contributed by atoms with Crippen molar-refractivity contribution in [2.24, 2.45) is 0 Å². The molecule has 0 aliphatic rings. The van der Waals surface area contributed by atoms with E-state index in [4.69, 9.17) is 5.73 Å². The van der Waals surface area contributed by atoms with Gasteiger partial charge in [0.2, 0.25) is 0 Å². The maximum absolute atomic E-state index is 12.3. The summed E-state index contributed by atoms with van der Waals surface area (Å²) in [6, 6.07) is 3.89. The van der Waals surface area contributed by atoms with Crippen LogP contribution in [-0.2, 0) is 13.0 Å². The van der Waals surface area contributed by atoms with Crippen LogP contribution in [0.2, 0.25) is 0 Å². The summed E-state index contributed by atoms with van der Waals surface area (Å²) < 4.78 is 1.67. The van der Waals surface area contributed by atoms with Crippen molar-refractivity contribution >= 4 is 11.6 Å². The highest BCUT2D eigenvalue weighted by Gasteiger charge is 2.18. The fraction of sp³-hybridized carbons (Fsp3) is 0.357. The first-order chi connectivity index (χ1) is 9.61. The van der Waals surface area contributed by atoms with Gasteiger partial charge < -0.3 is 10.6 Å². The fourth-order valence-corrected chi connectivity index (χ4v) is 1.89. The molecule has 2 heterocycles. The Bertz CT molecular complexity index is 579. The summed E-state index contributed by atoms with van der Waals surface area (Å²) in [6.45, 7) is 3.26. The van der Waals surface area contributed by atoms with Crippen molar-refractivity contribution in [3.63, 3.8) is 0 Å². The first-order valence-corrected chi connectivity index (χ1v) is 6.59. The number of amides is 1. The molecule has 0 spiro atoms. The molecular formula is C14H19N5O. The molecular weight excluding hydrogens is 254 g/mol. The summed E-state index contributed by atoms with van der Waals surface area (Å²) >= 11 is 0. The van der Waals surface area contributed by atoms with Gasteiger partial charge in [-0.1, -0.05) is 0 Å². The Morgan fingerprint density at radius 3 is 2.70 bits per heavy atom. The van der Waals surface area contributed by atoms with Crippen molar-refractivity contribution in [1.29, 1.82) is 0 Å². The summed E-state index contributed by atoms with van der Waals surface area (Å²) in [5.74, 6) is -0.149. The van der Waals surface area contributed by atoms with Gasteiger partial charge in [-0.15, -0.1) is 0 Å². The molecule has 0 saturated heterocycles. The van der Waals surface area contributed by atoms with E-state index in [1.165, 1.54) is 0 Å². The summed E-state index contributed by atoms with van der Waals surface area (Å²) in [5, 5.41) is 4.19. The number of hydrogen-bond donors (Lipinski definition) is 1. The smallest absolute Gasteiger partial charge is 0.276 e. The zero-order valence-electron chi connectivity index (χ0n) is 11.8. The molecule has 1 amide bonds. The summed E-state index contributed by atoms with van der Waals surface area (Å²) in [5.41, 5.74) is 7.72. The first kappa shape index (κ1) is 14.0. The third kappa shape index (κ3) is 3.14. The van der Waals surface area contributed by atoms with Crippen molar-refractivity contribution < 1.29 is 4.79 Å². The maximum Gasteiger partial charge on any atom is 0.276 e. The highest BCUT2D eigenvalue weighted by Crippen LogP contribution is 2.12. The quantitative estimate of drug-likeness (QED) is 0.888. The van der Waals surface area contributed by atoms with Crippen LogP contribution in [0, 0.1) is 0 Å². The first-order valence-electron chi connectivity index (χ1n) is 6.59. The van der Waals surface area contributed by atoms with Crippen molar-refractivity contribution in [3.05, 3.63) is 42.0 Å². The lowest BCUT2D eigenvalue weighted by Crippen LogP contribution is -2.29. The van der Waals surface area contributed by atoms with E-state index in [9.17, 15) is 4.79 Å². The van der Waals surface area contributed by atoms with Crippen molar-refractivity contribution in [2.75, 3.05) is 19.3 Å². The minimum Gasteiger partial charge on any atom is -0.396 e. The minimum atomic E-state index is -0.149. The van der Waals surface area contributed by atoms with E-state index in [-0.39, 0.29) is 5.91 Å². The molecule has 0 aliphatic carbocycles. The molecule has 6 nitrogen and oxygen atoms in total. The molecule has 0 atom stereocenters. The molecule has 0 unspecified atom stereocenters. The van der Waals surface area contributed by atoms with Crippen LogP contribution in [0.1, 0.15) is 23.0 Å². The number of likely N-dealkylation sites (N-methyl/N-ethyl adjacent to an activating group) is 1. The van der Waals surface area contributed by atoms with E-state index in [2.05, 4.69) is 10.1 Å². The van der Waals surface area contributed by atoms with E-state index in [0.29, 0.717) is 24.5 Å². The normalized spacial score (nSPS) is 10.5. The molecule has 2 rings (SSSR count). The number of nitrogens with two attached hydrogens (primary N) is 1. The number of aromatic nitrogens is 3. The third-order valence-corrected chi connectivity index (χ3v) is 3.15. The molecule has 2 aromatic heterocycles. The van der Waals surface area contributed by atoms with E-state index >= 15 is 0 Å². The Morgan fingerprint density at radius 1 is 1.40 bits per heavy atom. The molecule has 0 aromatic carbocycles. The van der Waals surface area contributed by atoms with Crippen LogP contribution in [0.3, 0.4) is 0 Å². The second-order valence-corrected chi connectivity index (χ2v) is 4.62. The van der Waals surface area contributed by atoms with Crippen molar-refractivity contribution in [3.8, 4) is 0 Å². The molecule has 106 valence electrons. The minimum absolute atomic E-state index is 0.149. The van der Waals surface area contributed by atoms with Crippen molar-refractivity contribution in [2.45, 2.75) is 19.9 Å². The molecule has 6 heteroatoms. The summed E-state index contributed by atoms with van der Waals surface area (Å²) in [7, 11) is 1.76. The Morgan fingerprint density at radius 2 is 2.10 bits per heavy atom. The molecule has 0 aliphatic heterocycles. The number of rotatable bonds is 5. The average molecular weight is 273 g/mol. The van der Waals surface area contributed by atoms with Gasteiger partial charge in [0.1, 0.15) is 0 Å². The number of nitrogen functional groups attached to an aromatic ring is 1. The van der Waals surface area contributed by atoms with Crippen LogP contribution in [0.4, 0.5) is 5.69 Å².